The second-order valence-corrected chi connectivity index (χ2v) is 5.48. The van der Waals surface area contributed by atoms with Crippen LogP contribution in [-0.4, -0.2) is 13.0 Å². The Bertz CT molecular complexity index is 653. The van der Waals surface area contributed by atoms with Crippen LogP contribution in [0.4, 0.5) is 5.69 Å². The number of methoxy groups -OCH3 is 1. The molecule has 0 unspecified atom stereocenters. The molecule has 0 fully saturated rings. The van der Waals surface area contributed by atoms with Crippen LogP contribution in [0, 0.1) is 13.8 Å². The maximum absolute atomic E-state index is 12.2. The molecule has 1 N–H and O–H groups in total. The second kappa shape index (κ2) is 6.09. The first kappa shape index (κ1) is 14.6. The monoisotopic (exact) mass is 333 g/mol. The molecular formula is C16H16BrNO2. The quantitative estimate of drug-likeness (QED) is 0.907. The summed E-state index contributed by atoms with van der Waals surface area (Å²) >= 11 is 3.42. The summed E-state index contributed by atoms with van der Waals surface area (Å²) in [4.78, 5) is 12.2. The first-order chi connectivity index (χ1) is 9.51. The Balaban J connectivity index is 2.25. The van der Waals surface area contributed by atoms with Crippen LogP contribution in [0.3, 0.4) is 0 Å². The molecule has 0 aliphatic rings. The fourth-order valence-electron chi connectivity index (χ4n) is 1.88. The Morgan fingerprint density at radius 1 is 1.15 bits per heavy atom. The van der Waals surface area contributed by atoms with Crippen LogP contribution >= 0.6 is 15.9 Å². The van der Waals surface area contributed by atoms with E-state index >= 15 is 0 Å². The van der Waals surface area contributed by atoms with E-state index in [1.165, 1.54) is 0 Å². The summed E-state index contributed by atoms with van der Waals surface area (Å²) in [6.45, 7) is 3.93. The van der Waals surface area contributed by atoms with Gasteiger partial charge in [-0.2, -0.15) is 0 Å². The second-order valence-electron chi connectivity index (χ2n) is 4.62. The zero-order valence-corrected chi connectivity index (χ0v) is 13.2. The molecule has 4 heteroatoms. The lowest BCUT2D eigenvalue weighted by Gasteiger charge is -2.11. The number of carbonyl (C=O) groups excluding carboxylic acids is 1. The fourth-order valence-corrected chi connectivity index (χ4v) is 2.13. The zero-order valence-electron chi connectivity index (χ0n) is 11.7. The molecule has 0 spiro atoms. The molecule has 2 aromatic carbocycles. The standard InChI is InChI=1S/C16H16BrNO2/c1-10-4-7-14(15(8-10)20-3)18-16(19)12-5-6-13(17)11(2)9-12/h4-9H,1-3H3,(H,18,19). The van der Waals surface area contributed by atoms with Gasteiger partial charge in [0.15, 0.2) is 0 Å². The van der Waals surface area contributed by atoms with Gasteiger partial charge >= 0.3 is 0 Å². The molecule has 3 nitrogen and oxygen atoms in total. The van der Waals surface area contributed by atoms with Gasteiger partial charge in [-0.05, 0) is 55.3 Å². The van der Waals surface area contributed by atoms with Gasteiger partial charge in [0, 0.05) is 10.0 Å². The highest BCUT2D eigenvalue weighted by molar-refractivity contribution is 9.10. The van der Waals surface area contributed by atoms with Gasteiger partial charge in [0.2, 0.25) is 0 Å². The van der Waals surface area contributed by atoms with E-state index in [1.54, 1.807) is 13.2 Å². The van der Waals surface area contributed by atoms with Crippen LogP contribution < -0.4 is 10.1 Å². The maximum Gasteiger partial charge on any atom is 0.255 e. The van der Waals surface area contributed by atoms with Crippen molar-refractivity contribution in [2.24, 2.45) is 0 Å². The van der Waals surface area contributed by atoms with Gasteiger partial charge < -0.3 is 10.1 Å². The van der Waals surface area contributed by atoms with E-state index in [0.29, 0.717) is 17.0 Å². The maximum atomic E-state index is 12.2. The summed E-state index contributed by atoms with van der Waals surface area (Å²) in [6.07, 6.45) is 0. The number of hydrogen-bond acceptors (Lipinski definition) is 2. The van der Waals surface area contributed by atoms with Crippen molar-refractivity contribution < 1.29 is 9.53 Å². The topological polar surface area (TPSA) is 38.3 Å². The van der Waals surface area contributed by atoms with Crippen LogP contribution in [0.5, 0.6) is 5.75 Å². The molecule has 20 heavy (non-hydrogen) atoms. The van der Waals surface area contributed by atoms with Gasteiger partial charge in [0.1, 0.15) is 5.75 Å². The third kappa shape index (κ3) is 3.20. The molecule has 2 rings (SSSR count). The molecule has 0 atom stereocenters. The highest BCUT2D eigenvalue weighted by atomic mass is 79.9. The van der Waals surface area contributed by atoms with E-state index < -0.39 is 0 Å². The third-order valence-electron chi connectivity index (χ3n) is 3.03. The van der Waals surface area contributed by atoms with Crippen LogP contribution in [0.25, 0.3) is 0 Å². The summed E-state index contributed by atoms with van der Waals surface area (Å²) in [6, 6.07) is 11.2. The van der Waals surface area contributed by atoms with E-state index in [2.05, 4.69) is 21.2 Å². The van der Waals surface area contributed by atoms with Crippen LogP contribution in [0.2, 0.25) is 0 Å². The molecule has 1 amide bonds. The van der Waals surface area contributed by atoms with E-state index in [9.17, 15) is 4.79 Å². The average molecular weight is 334 g/mol. The van der Waals surface area contributed by atoms with Crippen molar-refractivity contribution in [3.63, 3.8) is 0 Å². The van der Waals surface area contributed by atoms with Gasteiger partial charge in [-0.15, -0.1) is 0 Å². The molecule has 0 heterocycles. The zero-order chi connectivity index (χ0) is 14.7. The van der Waals surface area contributed by atoms with Gasteiger partial charge in [-0.3, -0.25) is 4.79 Å². The molecular weight excluding hydrogens is 318 g/mol. The Kier molecular flexibility index (Phi) is 4.45. The van der Waals surface area contributed by atoms with E-state index in [0.717, 1.165) is 15.6 Å². The summed E-state index contributed by atoms with van der Waals surface area (Å²) < 4.78 is 6.27. The first-order valence-electron chi connectivity index (χ1n) is 6.23. The van der Waals surface area contributed by atoms with Crippen molar-refractivity contribution in [1.82, 2.24) is 0 Å². The van der Waals surface area contributed by atoms with Crippen molar-refractivity contribution in [1.29, 1.82) is 0 Å². The van der Waals surface area contributed by atoms with E-state index in [1.807, 2.05) is 44.2 Å². The fraction of sp³-hybridized carbons (Fsp3) is 0.188. The number of hydrogen-bond donors (Lipinski definition) is 1. The molecule has 0 aliphatic heterocycles. The number of halogens is 1. The molecule has 0 aromatic heterocycles. The summed E-state index contributed by atoms with van der Waals surface area (Å²) in [5.74, 6) is 0.509. The lowest BCUT2D eigenvalue weighted by molar-refractivity contribution is 0.102. The number of anilines is 1. The van der Waals surface area contributed by atoms with Gasteiger partial charge in [-0.25, -0.2) is 0 Å². The van der Waals surface area contributed by atoms with Crippen LogP contribution in [0.15, 0.2) is 40.9 Å². The smallest absolute Gasteiger partial charge is 0.255 e. The number of carbonyl (C=O) groups is 1. The molecule has 0 bridgehead atoms. The molecule has 2 aromatic rings. The van der Waals surface area contributed by atoms with Crippen molar-refractivity contribution in [2.75, 3.05) is 12.4 Å². The lowest BCUT2D eigenvalue weighted by atomic mass is 10.1. The Hall–Kier alpha value is -1.81. The highest BCUT2D eigenvalue weighted by Crippen LogP contribution is 2.26. The molecule has 0 saturated heterocycles. The number of benzene rings is 2. The Morgan fingerprint density at radius 2 is 1.90 bits per heavy atom. The highest BCUT2D eigenvalue weighted by Gasteiger charge is 2.10. The minimum atomic E-state index is -0.150. The van der Waals surface area contributed by atoms with Gasteiger partial charge in [0.05, 0.1) is 12.8 Å². The summed E-state index contributed by atoms with van der Waals surface area (Å²) in [5, 5.41) is 2.87. The molecule has 0 saturated carbocycles. The average Bonchev–Trinajstić information content (AvgIpc) is 2.43. The van der Waals surface area contributed by atoms with Crippen LogP contribution in [0.1, 0.15) is 21.5 Å². The largest absolute Gasteiger partial charge is 0.495 e. The number of aryl methyl sites for hydroxylation is 2. The molecule has 0 radical (unpaired) electrons. The Labute approximate surface area is 127 Å². The third-order valence-corrected chi connectivity index (χ3v) is 3.92. The SMILES string of the molecule is COc1cc(C)ccc1NC(=O)c1ccc(Br)c(C)c1. The van der Waals surface area contributed by atoms with Gasteiger partial charge in [0.25, 0.3) is 5.91 Å². The first-order valence-corrected chi connectivity index (χ1v) is 7.02. The van der Waals surface area contributed by atoms with Crippen molar-refractivity contribution in [2.45, 2.75) is 13.8 Å². The van der Waals surface area contributed by atoms with E-state index in [-0.39, 0.29) is 5.91 Å². The predicted octanol–water partition coefficient (Wildman–Crippen LogP) is 4.33. The normalized spacial score (nSPS) is 10.2. The van der Waals surface area contributed by atoms with E-state index in [4.69, 9.17) is 4.74 Å². The number of nitrogens with one attached hydrogen (secondary N) is 1. The summed E-state index contributed by atoms with van der Waals surface area (Å²) in [5.41, 5.74) is 3.39. The Morgan fingerprint density at radius 3 is 2.55 bits per heavy atom. The molecule has 0 aliphatic carbocycles. The van der Waals surface area contributed by atoms with Crippen molar-refractivity contribution in [3.8, 4) is 5.75 Å². The van der Waals surface area contributed by atoms with Crippen molar-refractivity contribution >= 4 is 27.5 Å². The number of rotatable bonds is 3. The van der Waals surface area contributed by atoms with Crippen molar-refractivity contribution in [3.05, 3.63) is 57.6 Å². The lowest BCUT2D eigenvalue weighted by Crippen LogP contribution is -2.12. The number of ether oxygens (including phenoxy) is 1. The summed E-state index contributed by atoms with van der Waals surface area (Å²) in [7, 11) is 1.59. The predicted molar refractivity (Wildman–Crippen MR) is 84.6 cm³/mol. The van der Waals surface area contributed by atoms with Crippen LogP contribution in [-0.2, 0) is 0 Å². The minimum absolute atomic E-state index is 0.150. The van der Waals surface area contributed by atoms with Gasteiger partial charge in [-0.1, -0.05) is 22.0 Å². The minimum Gasteiger partial charge on any atom is -0.495 e. The molecule has 104 valence electrons. The number of amides is 1.